The second-order valence-corrected chi connectivity index (χ2v) is 3.35. The molecule has 0 heterocycles. The Balaban J connectivity index is 2.79. The Kier molecular flexibility index (Phi) is 3.39. The summed E-state index contributed by atoms with van der Waals surface area (Å²) in [5, 5.41) is 0. The quantitative estimate of drug-likeness (QED) is 0.467. The van der Waals surface area contributed by atoms with E-state index >= 15 is 0 Å². The smallest absolute Gasteiger partial charge is 0.238 e. The number of amides is 1. The summed E-state index contributed by atoms with van der Waals surface area (Å²) in [5.41, 5.74) is 2.70. The number of hydrogen-bond donors (Lipinski definition) is 2. The van der Waals surface area contributed by atoms with Crippen molar-refractivity contribution in [3.05, 3.63) is 34.1 Å². The molecule has 1 rings (SSSR count). The fourth-order valence-electron chi connectivity index (χ4n) is 0.886. The maximum absolute atomic E-state index is 12.7. The first kappa shape index (κ1) is 10.1. The molecule has 0 aliphatic carbocycles. The van der Waals surface area contributed by atoms with Gasteiger partial charge in [0.25, 0.3) is 0 Å². The highest BCUT2D eigenvalue weighted by Gasteiger charge is 2.04. The van der Waals surface area contributed by atoms with Crippen LogP contribution in [0, 0.1) is 5.82 Å². The van der Waals surface area contributed by atoms with Gasteiger partial charge in [-0.25, -0.2) is 10.2 Å². The van der Waals surface area contributed by atoms with E-state index in [1.807, 2.05) is 5.43 Å². The largest absolute Gasteiger partial charge is 0.294 e. The molecule has 0 radical (unpaired) electrons. The Morgan fingerprint density at radius 3 is 2.85 bits per heavy atom. The van der Waals surface area contributed by atoms with Crippen molar-refractivity contribution >= 4 is 21.8 Å². The summed E-state index contributed by atoms with van der Waals surface area (Å²) in [4.78, 5) is 10.8. The summed E-state index contributed by atoms with van der Waals surface area (Å²) in [6, 6.07) is 4.38. The summed E-state index contributed by atoms with van der Waals surface area (Å²) in [6.07, 6.45) is 0.148. The molecule has 0 bridgehead atoms. The predicted molar refractivity (Wildman–Crippen MR) is 50.1 cm³/mol. The van der Waals surface area contributed by atoms with Crippen LogP contribution in [0.1, 0.15) is 5.56 Å². The lowest BCUT2D eigenvalue weighted by atomic mass is 10.1. The number of carbonyl (C=O) groups is 1. The number of hydrazine groups is 1. The van der Waals surface area contributed by atoms with Gasteiger partial charge >= 0.3 is 0 Å². The van der Waals surface area contributed by atoms with E-state index in [2.05, 4.69) is 15.9 Å². The van der Waals surface area contributed by atoms with Gasteiger partial charge in [0.2, 0.25) is 5.91 Å². The third-order valence-corrected chi connectivity index (χ3v) is 2.12. The number of halogens is 2. The Morgan fingerprint density at radius 2 is 2.31 bits per heavy atom. The highest BCUT2D eigenvalue weighted by atomic mass is 79.9. The van der Waals surface area contributed by atoms with Crippen LogP contribution in [0.3, 0.4) is 0 Å². The van der Waals surface area contributed by atoms with Gasteiger partial charge in [-0.2, -0.15) is 0 Å². The maximum Gasteiger partial charge on any atom is 0.238 e. The Morgan fingerprint density at radius 1 is 1.62 bits per heavy atom. The molecule has 13 heavy (non-hydrogen) atoms. The van der Waals surface area contributed by atoms with Gasteiger partial charge in [0.15, 0.2) is 0 Å². The maximum atomic E-state index is 12.7. The van der Waals surface area contributed by atoms with Crippen molar-refractivity contribution in [2.45, 2.75) is 6.42 Å². The highest BCUT2D eigenvalue weighted by molar-refractivity contribution is 9.10. The van der Waals surface area contributed by atoms with Crippen LogP contribution in [-0.2, 0) is 11.2 Å². The van der Waals surface area contributed by atoms with Crippen molar-refractivity contribution < 1.29 is 9.18 Å². The lowest BCUT2D eigenvalue weighted by molar-refractivity contribution is -0.120. The molecule has 0 aliphatic heterocycles. The van der Waals surface area contributed by atoms with Gasteiger partial charge in [0, 0.05) is 0 Å². The van der Waals surface area contributed by atoms with E-state index in [9.17, 15) is 9.18 Å². The van der Waals surface area contributed by atoms with Crippen LogP contribution in [0.4, 0.5) is 4.39 Å². The number of nitrogens with one attached hydrogen (secondary N) is 1. The fraction of sp³-hybridized carbons (Fsp3) is 0.125. The molecule has 0 unspecified atom stereocenters. The van der Waals surface area contributed by atoms with Crippen LogP contribution in [0.15, 0.2) is 22.7 Å². The SMILES string of the molecule is NNC(=O)Cc1ccc(F)c(Br)c1. The number of hydrogen-bond acceptors (Lipinski definition) is 2. The van der Waals surface area contributed by atoms with Crippen molar-refractivity contribution in [3.8, 4) is 0 Å². The zero-order valence-corrected chi connectivity index (χ0v) is 8.27. The zero-order chi connectivity index (χ0) is 9.84. The molecule has 0 fully saturated rings. The standard InChI is InChI=1S/C8H8BrFN2O/c9-6-3-5(1-2-7(6)10)4-8(13)12-11/h1-3H,4,11H2,(H,12,13). The van der Waals surface area contributed by atoms with Gasteiger partial charge in [-0.05, 0) is 33.6 Å². The van der Waals surface area contributed by atoms with Crippen LogP contribution in [0.2, 0.25) is 0 Å². The molecular formula is C8H8BrFN2O. The number of carbonyl (C=O) groups excluding carboxylic acids is 1. The molecule has 0 aliphatic rings. The second kappa shape index (κ2) is 4.34. The molecule has 0 saturated carbocycles. The van der Waals surface area contributed by atoms with E-state index in [1.165, 1.54) is 12.1 Å². The van der Waals surface area contributed by atoms with Gasteiger partial charge in [0.1, 0.15) is 5.82 Å². The average Bonchev–Trinajstić information content (AvgIpc) is 2.11. The lowest BCUT2D eigenvalue weighted by Gasteiger charge is -2.01. The minimum atomic E-state index is -0.350. The molecule has 0 atom stereocenters. The highest BCUT2D eigenvalue weighted by Crippen LogP contribution is 2.16. The summed E-state index contributed by atoms with van der Waals surface area (Å²) >= 11 is 3.02. The topological polar surface area (TPSA) is 55.1 Å². The van der Waals surface area contributed by atoms with E-state index in [0.29, 0.717) is 10.0 Å². The Bertz CT molecular complexity index is 330. The predicted octanol–water partition coefficient (Wildman–Crippen LogP) is 1.12. The summed E-state index contributed by atoms with van der Waals surface area (Å²) in [6.45, 7) is 0. The van der Waals surface area contributed by atoms with Gasteiger partial charge in [-0.3, -0.25) is 10.2 Å². The molecule has 1 aromatic carbocycles. The van der Waals surface area contributed by atoms with Crippen LogP contribution in [0.25, 0.3) is 0 Å². The van der Waals surface area contributed by atoms with Crippen molar-refractivity contribution in [2.24, 2.45) is 5.84 Å². The summed E-state index contributed by atoms with van der Waals surface area (Å²) < 4.78 is 13.1. The monoisotopic (exact) mass is 246 g/mol. The molecular weight excluding hydrogens is 239 g/mol. The van der Waals surface area contributed by atoms with Gasteiger partial charge in [-0.15, -0.1) is 0 Å². The number of rotatable bonds is 2. The lowest BCUT2D eigenvalue weighted by Crippen LogP contribution is -2.31. The molecule has 0 aromatic heterocycles. The van der Waals surface area contributed by atoms with Crippen LogP contribution in [-0.4, -0.2) is 5.91 Å². The van der Waals surface area contributed by atoms with Crippen LogP contribution < -0.4 is 11.3 Å². The number of nitrogens with two attached hydrogens (primary N) is 1. The minimum absolute atomic E-state index is 0.148. The van der Waals surface area contributed by atoms with Gasteiger partial charge in [0.05, 0.1) is 10.9 Å². The molecule has 1 amide bonds. The van der Waals surface area contributed by atoms with E-state index in [-0.39, 0.29) is 18.1 Å². The molecule has 3 N–H and O–H groups in total. The van der Waals surface area contributed by atoms with E-state index < -0.39 is 0 Å². The molecule has 70 valence electrons. The van der Waals surface area contributed by atoms with Gasteiger partial charge < -0.3 is 0 Å². The van der Waals surface area contributed by atoms with Crippen LogP contribution >= 0.6 is 15.9 Å². The molecule has 1 aromatic rings. The first-order valence-electron chi connectivity index (χ1n) is 3.57. The normalized spacial score (nSPS) is 9.77. The van der Waals surface area contributed by atoms with E-state index in [4.69, 9.17) is 5.84 Å². The van der Waals surface area contributed by atoms with E-state index in [0.717, 1.165) is 0 Å². The average molecular weight is 247 g/mol. The van der Waals surface area contributed by atoms with E-state index in [1.54, 1.807) is 6.07 Å². The van der Waals surface area contributed by atoms with Crippen molar-refractivity contribution in [3.63, 3.8) is 0 Å². The summed E-state index contributed by atoms with van der Waals surface area (Å²) in [5.74, 6) is 4.25. The molecule has 0 spiro atoms. The number of benzene rings is 1. The Labute approximate surface area is 83.2 Å². The molecule has 0 saturated heterocycles. The minimum Gasteiger partial charge on any atom is -0.294 e. The Hall–Kier alpha value is -0.940. The first-order chi connectivity index (χ1) is 6.13. The van der Waals surface area contributed by atoms with Crippen molar-refractivity contribution in [1.29, 1.82) is 0 Å². The third kappa shape index (κ3) is 2.78. The molecule has 3 nitrogen and oxygen atoms in total. The fourth-order valence-corrected chi connectivity index (χ4v) is 1.31. The van der Waals surface area contributed by atoms with Crippen molar-refractivity contribution in [1.82, 2.24) is 5.43 Å². The third-order valence-electron chi connectivity index (χ3n) is 1.51. The van der Waals surface area contributed by atoms with Crippen molar-refractivity contribution in [2.75, 3.05) is 0 Å². The van der Waals surface area contributed by atoms with Gasteiger partial charge in [-0.1, -0.05) is 6.07 Å². The zero-order valence-electron chi connectivity index (χ0n) is 6.68. The molecule has 5 heteroatoms. The second-order valence-electron chi connectivity index (χ2n) is 2.49. The summed E-state index contributed by atoms with van der Waals surface area (Å²) in [7, 11) is 0. The first-order valence-corrected chi connectivity index (χ1v) is 4.36. The van der Waals surface area contributed by atoms with Crippen LogP contribution in [0.5, 0.6) is 0 Å².